The van der Waals surface area contributed by atoms with Crippen molar-refractivity contribution in [1.29, 1.82) is 0 Å². The number of benzene rings is 2. The summed E-state index contributed by atoms with van der Waals surface area (Å²) in [4.78, 5) is 23.6. The minimum Gasteiger partial charge on any atom is -0.379 e. The summed E-state index contributed by atoms with van der Waals surface area (Å²) >= 11 is 9.73. The molecule has 2 aromatic heterocycles. The monoisotopic (exact) mass is 499 g/mol. The summed E-state index contributed by atoms with van der Waals surface area (Å²) in [6.07, 6.45) is 1.78. The number of hydrogen-bond acceptors (Lipinski definition) is 6. The molecule has 8 heteroatoms. The van der Waals surface area contributed by atoms with Crippen molar-refractivity contribution in [2.45, 2.75) is 19.8 Å². The predicted octanol–water partition coefficient (Wildman–Crippen LogP) is 6.10. The van der Waals surface area contributed by atoms with Crippen molar-refractivity contribution in [3.05, 3.63) is 57.9 Å². The Morgan fingerprint density at radius 2 is 1.91 bits per heavy atom. The fourth-order valence-electron chi connectivity index (χ4n) is 4.23. The van der Waals surface area contributed by atoms with Crippen molar-refractivity contribution in [2.75, 3.05) is 44.3 Å². The van der Waals surface area contributed by atoms with Crippen LogP contribution >= 0.6 is 34.3 Å². The quantitative estimate of drug-likeness (QED) is 0.308. The molecule has 1 fully saturated rings. The lowest BCUT2D eigenvalue weighted by Gasteiger charge is -2.27. The van der Waals surface area contributed by atoms with Gasteiger partial charge in [0.2, 0.25) is 0 Å². The number of morpholine rings is 1. The van der Waals surface area contributed by atoms with Crippen LogP contribution in [0.1, 0.15) is 28.6 Å². The molecule has 0 unspecified atom stereocenters. The smallest absolute Gasteiger partial charge is 0.271 e. The van der Waals surface area contributed by atoms with Gasteiger partial charge in [0.15, 0.2) is 5.13 Å². The molecule has 0 bridgehead atoms. The third-order valence-corrected chi connectivity index (χ3v) is 8.74. The maximum atomic E-state index is 13.8. The van der Waals surface area contributed by atoms with E-state index in [-0.39, 0.29) is 5.91 Å². The van der Waals surface area contributed by atoms with Crippen LogP contribution in [0.4, 0.5) is 5.13 Å². The number of rotatable bonds is 7. The average Bonchev–Trinajstić information content (AvgIpc) is 3.43. The second-order valence-electron chi connectivity index (χ2n) is 8.12. The number of aryl methyl sites for hydroxylation is 1. The number of thiophene rings is 1. The summed E-state index contributed by atoms with van der Waals surface area (Å²) in [5.41, 5.74) is 2.20. The first-order chi connectivity index (χ1) is 16.2. The fraction of sp³-hybridized carbons (Fsp3) is 0.360. The predicted molar refractivity (Wildman–Crippen MR) is 139 cm³/mol. The zero-order valence-electron chi connectivity index (χ0n) is 18.6. The summed E-state index contributed by atoms with van der Waals surface area (Å²) in [6, 6.07) is 14.2. The highest BCUT2D eigenvalue weighted by molar-refractivity contribution is 7.23. The van der Waals surface area contributed by atoms with Crippen molar-refractivity contribution in [1.82, 2.24) is 9.88 Å². The van der Waals surface area contributed by atoms with Crippen LogP contribution in [0.5, 0.6) is 0 Å². The average molecular weight is 500 g/mol. The van der Waals surface area contributed by atoms with Gasteiger partial charge in [-0.2, -0.15) is 0 Å². The van der Waals surface area contributed by atoms with Gasteiger partial charge in [0.25, 0.3) is 5.91 Å². The van der Waals surface area contributed by atoms with Crippen LogP contribution in [0.25, 0.3) is 20.3 Å². The molecule has 1 amide bonds. The van der Waals surface area contributed by atoms with Crippen molar-refractivity contribution < 1.29 is 9.53 Å². The molecule has 1 saturated heterocycles. The van der Waals surface area contributed by atoms with Gasteiger partial charge in [-0.3, -0.25) is 14.6 Å². The Bertz CT molecular complexity index is 1280. The van der Waals surface area contributed by atoms with E-state index in [0.29, 0.717) is 16.4 Å². The number of para-hydroxylation sites is 1. The van der Waals surface area contributed by atoms with Gasteiger partial charge in [-0.25, -0.2) is 4.98 Å². The van der Waals surface area contributed by atoms with Crippen molar-refractivity contribution in [3.63, 3.8) is 0 Å². The molecular weight excluding hydrogens is 474 g/mol. The van der Waals surface area contributed by atoms with Crippen LogP contribution in [-0.4, -0.2) is 55.2 Å². The van der Waals surface area contributed by atoms with Gasteiger partial charge in [0.1, 0.15) is 4.88 Å². The zero-order valence-corrected chi connectivity index (χ0v) is 20.9. The van der Waals surface area contributed by atoms with Crippen LogP contribution < -0.4 is 4.90 Å². The molecule has 0 radical (unpaired) electrons. The van der Waals surface area contributed by atoms with E-state index in [0.717, 1.165) is 71.1 Å². The molecule has 1 aliphatic heterocycles. The molecule has 0 saturated carbocycles. The maximum Gasteiger partial charge on any atom is 0.271 e. The number of amides is 1. The second kappa shape index (κ2) is 10.1. The van der Waals surface area contributed by atoms with E-state index in [9.17, 15) is 4.79 Å². The molecular formula is C25H26ClN3O2S2. The third-order valence-electron chi connectivity index (χ3n) is 6.04. The van der Waals surface area contributed by atoms with Gasteiger partial charge in [0, 0.05) is 36.3 Å². The highest BCUT2D eigenvalue weighted by Crippen LogP contribution is 2.38. The number of ether oxygens (including phenoxy) is 1. The lowest BCUT2D eigenvalue weighted by Crippen LogP contribution is -2.39. The van der Waals surface area contributed by atoms with E-state index in [2.05, 4.69) is 30.0 Å². The Morgan fingerprint density at radius 3 is 2.70 bits per heavy atom. The normalized spacial score (nSPS) is 14.8. The van der Waals surface area contributed by atoms with Gasteiger partial charge >= 0.3 is 0 Å². The largest absolute Gasteiger partial charge is 0.379 e. The van der Waals surface area contributed by atoms with E-state index < -0.39 is 0 Å². The highest BCUT2D eigenvalue weighted by Gasteiger charge is 2.26. The minimum absolute atomic E-state index is 0.0692. The molecule has 0 N–H and O–H groups in total. The van der Waals surface area contributed by atoms with Crippen LogP contribution in [0.15, 0.2) is 42.5 Å². The Labute approximate surface area is 206 Å². The maximum absolute atomic E-state index is 13.8. The standard InChI is InChI=1S/C25H26ClN3O2S2/c1-2-17-7-5-10-20-22(17)27-25(33-20)29(12-6-11-28-13-15-31-16-14-28)24(30)23-21(26)18-8-3-4-9-19(18)32-23/h3-5,7-10H,2,6,11-16H2,1H3. The topological polar surface area (TPSA) is 45.7 Å². The Morgan fingerprint density at radius 1 is 1.12 bits per heavy atom. The van der Waals surface area contributed by atoms with Crippen LogP contribution in [0.3, 0.4) is 0 Å². The first-order valence-electron chi connectivity index (χ1n) is 11.3. The van der Waals surface area contributed by atoms with Gasteiger partial charge in [-0.05, 0) is 30.5 Å². The molecule has 33 heavy (non-hydrogen) atoms. The highest BCUT2D eigenvalue weighted by atomic mass is 35.5. The van der Waals surface area contributed by atoms with E-state index in [1.165, 1.54) is 16.9 Å². The minimum atomic E-state index is -0.0692. The number of carbonyl (C=O) groups excluding carboxylic acids is 1. The number of fused-ring (bicyclic) bond motifs is 2. The molecule has 2 aromatic carbocycles. The van der Waals surface area contributed by atoms with Gasteiger partial charge in [0.05, 0.1) is 28.5 Å². The Kier molecular flexibility index (Phi) is 6.94. The zero-order chi connectivity index (χ0) is 22.8. The molecule has 1 aliphatic rings. The molecule has 0 aliphatic carbocycles. The fourth-order valence-corrected chi connectivity index (χ4v) is 6.73. The summed E-state index contributed by atoms with van der Waals surface area (Å²) in [7, 11) is 0. The SMILES string of the molecule is CCc1cccc2sc(N(CCCN3CCOCC3)C(=O)c3sc4ccccc4c3Cl)nc12. The van der Waals surface area contributed by atoms with E-state index in [1.807, 2.05) is 29.2 Å². The Balaban J connectivity index is 1.47. The van der Waals surface area contributed by atoms with E-state index in [4.69, 9.17) is 21.3 Å². The molecule has 5 rings (SSSR count). The van der Waals surface area contributed by atoms with Crippen LogP contribution in [0.2, 0.25) is 5.02 Å². The molecule has 4 aromatic rings. The van der Waals surface area contributed by atoms with E-state index in [1.54, 1.807) is 11.3 Å². The molecule has 0 spiro atoms. The summed E-state index contributed by atoms with van der Waals surface area (Å²) in [5.74, 6) is -0.0692. The number of thiazole rings is 1. The summed E-state index contributed by atoms with van der Waals surface area (Å²) in [6.45, 7) is 7.10. The second-order valence-corrected chi connectivity index (χ2v) is 10.6. The van der Waals surface area contributed by atoms with Crippen molar-refractivity contribution >= 4 is 65.6 Å². The molecule has 172 valence electrons. The number of hydrogen-bond donors (Lipinski definition) is 0. The van der Waals surface area contributed by atoms with Crippen LogP contribution in [0, 0.1) is 0 Å². The third kappa shape index (κ3) is 4.66. The lowest BCUT2D eigenvalue weighted by molar-refractivity contribution is 0.0376. The summed E-state index contributed by atoms with van der Waals surface area (Å²) in [5, 5.41) is 2.21. The molecule has 0 atom stereocenters. The lowest BCUT2D eigenvalue weighted by atomic mass is 10.1. The van der Waals surface area contributed by atoms with Gasteiger partial charge in [-0.15, -0.1) is 11.3 Å². The van der Waals surface area contributed by atoms with Gasteiger partial charge < -0.3 is 4.74 Å². The van der Waals surface area contributed by atoms with Crippen molar-refractivity contribution in [3.8, 4) is 0 Å². The molecule has 5 nitrogen and oxygen atoms in total. The van der Waals surface area contributed by atoms with Crippen LogP contribution in [-0.2, 0) is 11.2 Å². The first-order valence-corrected chi connectivity index (χ1v) is 13.3. The summed E-state index contributed by atoms with van der Waals surface area (Å²) < 4.78 is 7.60. The number of nitrogens with zero attached hydrogens (tertiary/aromatic N) is 3. The van der Waals surface area contributed by atoms with Crippen molar-refractivity contribution in [2.24, 2.45) is 0 Å². The number of carbonyl (C=O) groups is 1. The Hall–Kier alpha value is -2.03. The van der Waals surface area contributed by atoms with Gasteiger partial charge in [-0.1, -0.05) is 60.2 Å². The number of anilines is 1. The molecule has 3 heterocycles. The number of halogens is 1. The number of aromatic nitrogens is 1. The first kappa shape index (κ1) is 22.7. The van der Waals surface area contributed by atoms with E-state index >= 15 is 0 Å².